The molecule has 4 heteroatoms. The molecule has 0 unspecified atom stereocenters. The van der Waals surface area contributed by atoms with E-state index >= 15 is 0 Å². The highest BCUT2D eigenvalue weighted by molar-refractivity contribution is 5.89. The summed E-state index contributed by atoms with van der Waals surface area (Å²) >= 11 is 0. The summed E-state index contributed by atoms with van der Waals surface area (Å²) in [4.78, 5) is 13.4. The predicted octanol–water partition coefficient (Wildman–Crippen LogP) is 1.76. The van der Waals surface area contributed by atoms with Crippen molar-refractivity contribution in [2.45, 2.75) is 6.42 Å². The Bertz CT molecular complexity index is 313. The Morgan fingerprint density at radius 1 is 1.31 bits per heavy atom. The highest BCUT2D eigenvalue weighted by atomic mass is 16.2. The second-order valence-corrected chi connectivity index (χ2v) is 3.67. The van der Waals surface area contributed by atoms with Crippen molar-refractivity contribution in [3.8, 4) is 0 Å². The number of benzene rings is 1. The Morgan fingerprint density at radius 2 is 2.00 bits per heavy atom. The van der Waals surface area contributed by atoms with Crippen molar-refractivity contribution in [3.05, 3.63) is 30.3 Å². The molecule has 2 N–H and O–H groups in total. The van der Waals surface area contributed by atoms with Gasteiger partial charge in [0.05, 0.1) is 0 Å². The van der Waals surface area contributed by atoms with Gasteiger partial charge in [0.25, 0.3) is 0 Å². The van der Waals surface area contributed by atoms with E-state index in [4.69, 9.17) is 0 Å². The monoisotopic (exact) mass is 221 g/mol. The molecule has 0 spiro atoms. The fourth-order valence-corrected chi connectivity index (χ4v) is 1.33. The van der Waals surface area contributed by atoms with Gasteiger partial charge < -0.3 is 15.5 Å². The number of nitrogens with zero attached hydrogens (tertiary/aromatic N) is 1. The van der Waals surface area contributed by atoms with Gasteiger partial charge in [-0.25, -0.2) is 4.79 Å². The van der Waals surface area contributed by atoms with Crippen molar-refractivity contribution in [1.82, 2.24) is 10.2 Å². The topological polar surface area (TPSA) is 44.4 Å². The zero-order valence-electron chi connectivity index (χ0n) is 9.86. The molecule has 0 atom stereocenters. The number of hydrogen-bond acceptors (Lipinski definition) is 2. The summed E-state index contributed by atoms with van der Waals surface area (Å²) in [6.07, 6.45) is 0.954. The molecule has 0 aliphatic carbocycles. The second-order valence-electron chi connectivity index (χ2n) is 3.67. The van der Waals surface area contributed by atoms with E-state index in [9.17, 15) is 4.79 Å². The summed E-state index contributed by atoms with van der Waals surface area (Å²) in [5, 5.41) is 5.89. The van der Waals surface area contributed by atoms with Gasteiger partial charge in [-0.05, 0) is 32.1 Å². The second kappa shape index (κ2) is 6.85. The molecule has 0 aliphatic heterocycles. The Labute approximate surface area is 96.6 Å². The molecule has 88 valence electrons. The first-order chi connectivity index (χ1) is 7.74. The lowest BCUT2D eigenvalue weighted by Gasteiger charge is -2.17. The van der Waals surface area contributed by atoms with Crippen LogP contribution >= 0.6 is 0 Å². The van der Waals surface area contributed by atoms with Gasteiger partial charge in [0.1, 0.15) is 0 Å². The van der Waals surface area contributed by atoms with E-state index < -0.39 is 0 Å². The maximum absolute atomic E-state index is 11.7. The molecule has 16 heavy (non-hydrogen) atoms. The van der Waals surface area contributed by atoms with Crippen LogP contribution in [0.5, 0.6) is 0 Å². The third-order valence-corrected chi connectivity index (χ3v) is 2.29. The summed E-state index contributed by atoms with van der Waals surface area (Å²) in [6, 6.07) is 9.40. The smallest absolute Gasteiger partial charge is 0.321 e. The van der Waals surface area contributed by atoms with Gasteiger partial charge in [0.15, 0.2) is 0 Å². The molecule has 0 aliphatic rings. The van der Waals surface area contributed by atoms with Crippen LogP contribution in [0.1, 0.15) is 6.42 Å². The molecular weight excluding hydrogens is 202 g/mol. The summed E-state index contributed by atoms with van der Waals surface area (Å²) < 4.78 is 0. The molecule has 0 bridgehead atoms. The molecule has 0 heterocycles. The van der Waals surface area contributed by atoms with Crippen LogP contribution in [0.15, 0.2) is 30.3 Å². The molecule has 0 saturated carbocycles. The van der Waals surface area contributed by atoms with Gasteiger partial charge in [-0.3, -0.25) is 0 Å². The molecule has 0 saturated heterocycles. The number of carbonyl (C=O) groups excluding carboxylic acids is 1. The van der Waals surface area contributed by atoms with Crippen molar-refractivity contribution >= 4 is 11.7 Å². The molecule has 1 aromatic carbocycles. The van der Waals surface area contributed by atoms with Crippen LogP contribution in [0, 0.1) is 0 Å². The Hall–Kier alpha value is -1.55. The molecule has 1 rings (SSSR count). The van der Waals surface area contributed by atoms with Gasteiger partial charge in [-0.15, -0.1) is 0 Å². The first-order valence-electron chi connectivity index (χ1n) is 5.46. The molecular formula is C12H19N3O. The summed E-state index contributed by atoms with van der Waals surface area (Å²) in [5.74, 6) is 0. The lowest BCUT2D eigenvalue weighted by Crippen LogP contribution is -2.33. The average molecular weight is 221 g/mol. The first-order valence-corrected chi connectivity index (χ1v) is 5.46. The van der Waals surface area contributed by atoms with Crippen LogP contribution in [-0.4, -0.2) is 38.1 Å². The number of para-hydroxylation sites is 1. The van der Waals surface area contributed by atoms with Crippen LogP contribution in [0.4, 0.5) is 10.5 Å². The number of amides is 2. The van der Waals surface area contributed by atoms with Gasteiger partial charge in [-0.2, -0.15) is 0 Å². The van der Waals surface area contributed by atoms with Crippen LogP contribution < -0.4 is 10.6 Å². The maximum Gasteiger partial charge on any atom is 0.321 e. The van der Waals surface area contributed by atoms with Crippen molar-refractivity contribution in [1.29, 1.82) is 0 Å². The van der Waals surface area contributed by atoms with E-state index in [0.29, 0.717) is 0 Å². The number of hydrogen-bond donors (Lipinski definition) is 2. The predicted molar refractivity (Wildman–Crippen MR) is 66.6 cm³/mol. The minimum absolute atomic E-state index is 0.0673. The zero-order valence-corrected chi connectivity index (χ0v) is 9.86. The lowest BCUT2D eigenvalue weighted by atomic mass is 10.3. The summed E-state index contributed by atoms with van der Waals surface area (Å²) in [7, 11) is 3.71. The van der Waals surface area contributed by atoms with Gasteiger partial charge in [0.2, 0.25) is 0 Å². The first kappa shape index (κ1) is 12.5. The third kappa shape index (κ3) is 4.31. The van der Waals surface area contributed by atoms with Gasteiger partial charge >= 0.3 is 6.03 Å². The highest BCUT2D eigenvalue weighted by Gasteiger charge is 2.07. The van der Waals surface area contributed by atoms with E-state index in [1.54, 1.807) is 11.9 Å². The lowest BCUT2D eigenvalue weighted by molar-refractivity contribution is 0.222. The van der Waals surface area contributed by atoms with Crippen molar-refractivity contribution in [2.24, 2.45) is 0 Å². The Morgan fingerprint density at radius 3 is 2.62 bits per heavy atom. The van der Waals surface area contributed by atoms with E-state index in [0.717, 1.165) is 25.2 Å². The molecule has 4 nitrogen and oxygen atoms in total. The van der Waals surface area contributed by atoms with Crippen LogP contribution in [-0.2, 0) is 0 Å². The minimum atomic E-state index is -0.0673. The average Bonchev–Trinajstić information content (AvgIpc) is 2.30. The Kier molecular flexibility index (Phi) is 5.36. The van der Waals surface area contributed by atoms with Crippen molar-refractivity contribution in [3.63, 3.8) is 0 Å². The standard InChI is InChI=1S/C12H19N3O/c1-13-9-6-10-15(2)12(16)14-11-7-4-3-5-8-11/h3-5,7-8,13H,6,9-10H2,1-2H3,(H,14,16). The Balaban J connectivity index is 2.34. The maximum atomic E-state index is 11.7. The number of carbonyl (C=O) groups is 1. The van der Waals surface area contributed by atoms with Crippen molar-refractivity contribution in [2.75, 3.05) is 32.5 Å². The quantitative estimate of drug-likeness (QED) is 0.744. The SMILES string of the molecule is CNCCCN(C)C(=O)Nc1ccccc1. The van der Waals surface area contributed by atoms with E-state index in [1.165, 1.54) is 0 Å². The number of rotatable bonds is 5. The van der Waals surface area contributed by atoms with Crippen LogP contribution in [0.25, 0.3) is 0 Å². The minimum Gasteiger partial charge on any atom is -0.328 e. The molecule has 0 fully saturated rings. The molecule has 1 aromatic rings. The van der Waals surface area contributed by atoms with Crippen molar-refractivity contribution < 1.29 is 4.79 Å². The number of nitrogens with one attached hydrogen (secondary N) is 2. The highest BCUT2D eigenvalue weighted by Crippen LogP contribution is 2.05. The van der Waals surface area contributed by atoms with Gasteiger partial charge in [0, 0.05) is 19.3 Å². The molecule has 0 radical (unpaired) electrons. The third-order valence-electron chi connectivity index (χ3n) is 2.29. The molecule has 2 amide bonds. The van der Waals surface area contributed by atoms with E-state index in [2.05, 4.69) is 10.6 Å². The van der Waals surface area contributed by atoms with Crippen LogP contribution in [0.3, 0.4) is 0 Å². The zero-order chi connectivity index (χ0) is 11.8. The summed E-state index contributed by atoms with van der Waals surface area (Å²) in [6.45, 7) is 1.67. The van der Waals surface area contributed by atoms with E-state index in [-0.39, 0.29) is 6.03 Å². The number of urea groups is 1. The normalized spacial score (nSPS) is 9.88. The summed E-state index contributed by atoms with van der Waals surface area (Å²) in [5.41, 5.74) is 0.827. The number of anilines is 1. The van der Waals surface area contributed by atoms with Crippen LogP contribution in [0.2, 0.25) is 0 Å². The van der Waals surface area contributed by atoms with Gasteiger partial charge in [-0.1, -0.05) is 18.2 Å². The molecule has 0 aromatic heterocycles. The fourth-order valence-electron chi connectivity index (χ4n) is 1.33. The fraction of sp³-hybridized carbons (Fsp3) is 0.417. The largest absolute Gasteiger partial charge is 0.328 e. The van der Waals surface area contributed by atoms with E-state index in [1.807, 2.05) is 37.4 Å².